The largest absolute Gasteiger partial charge is 0.391 e. The van der Waals surface area contributed by atoms with Crippen molar-refractivity contribution in [1.82, 2.24) is 4.90 Å². The maximum atomic E-state index is 13.3. The van der Waals surface area contributed by atoms with Crippen LogP contribution in [0.3, 0.4) is 0 Å². The molecule has 0 bridgehead atoms. The second-order valence-corrected chi connectivity index (χ2v) is 6.88. The van der Waals surface area contributed by atoms with Crippen LogP contribution in [0.25, 0.3) is 0 Å². The molecular weight excluding hydrogens is 321 g/mol. The smallest absolute Gasteiger partial charge is 0.137 e. The first-order valence-corrected chi connectivity index (χ1v) is 8.04. The van der Waals surface area contributed by atoms with Crippen molar-refractivity contribution in [3.63, 3.8) is 0 Å². The van der Waals surface area contributed by atoms with E-state index in [0.717, 1.165) is 18.4 Å². The molecule has 1 aromatic rings. The third kappa shape index (κ3) is 3.23. The maximum Gasteiger partial charge on any atom is 0.137 e. The average molecular weight is 344 g/mol. The fourth-order valence-corrected chi connectivity index (χ4v) is 3.75. The van der Waals surface area contributed by atoms with Gasteiger partial charge in [0.15, 0.2) is 0 Å². The fourth-order valence-electron chi connectivity index (χ4n) is 3.32. The summed E-state index contributed by atoms with van der Waals surface area (Å²) >= 11 is 3.21. The summed E-state index contributed by atoms with van der Waals surface area (Å²) in [6.07, 6.45) is 5.80. The van der Waals surface area contributed by atoms with E-state index in [2.05, 4.69) is 34.9 Å². The maximum absolute atomic E-state index is 13.3. The normalized spacial score (nSPS) is 20.1. The molecule has 0 spiro atoms. The molecule has 2 rings (SSSR count). The lowest BCUT2D eigenvalue weighted by Crippen LogP contribution is -2.55. The van der Waals surface area contributed by atoms with Crippen LogP contribution in [0.4, 0.5) is 4.39 Å². The number of aliphatic hydroxyl groups excluding tert-OH is 1. The molecule has 1 aliphatic rings. The molecule has 0 radical (unpaired) electrons. The average Bonchev–Trinajstić information content (AvgIpc) is 2.43. The molecule has 1 N–H and O–H groups in total. The highest BCUT2D eigenvalue weighted by atomic mass is 79.9. The quantitative estimate of drug-likeness (QED) is 0.899. The molecule has 0 heterocycles. The fraction of sp³-hybridized carbons (Fsp3) is 0.625. The van der Waals surface area contributed by atoms with Crippen molar-refractivity contribution in [3.8, 4) is 0 Å². The van der Waals surface area contributed by atoms with Crippen LogP contribution in [0.1, 0.15) is 37.7 Å². The minimum Gasteiger partial charge on any atom is -0.391 e. The van der Waals surface area contributed by atoms with Crippen LogP contribution in [0.5, 0.6) is 0 Å². The molecule has 1 unspecified atom stereocenters. The van der Waals surface area contributed by atoms with E-state index in [4.69, 9.17) is 0 Å². The second-order valence-electron chi connectivity index (χ2n) is 6.03. The zero-order chi connectivity index (χ0) is 14.8. The van der Waals surface area contributed by atoms with E-state index in [1.165, 1.54) is 25.3 Å². The van der Waals surface area contributed by atoms with Crippen molar-refractivity contribution in [2.45, 2.75) is 50.2 Å². The summed E-state index contributed by atoms with van der Waals surface area (Å²) < 4.78 is 13.7. The van der Waals surface area contributed by atoms with Crippen LogP contribution in [0.15, 0.2) is 22.7 Å². The van der Waals surface area contributed by atoms with E-state index >= 15 is 0 Å². The molecule has 4 heteroatoms. The topological polar surface area (TPSA) is 23.5 Å². The Balaban J connectivity index is 2.15. The number of benzene rings is 1. The van der Waals surface area contributed by atoms with E-state index in [0.29, 0.717) is 10.9 Å². The van der Waals surface area contributed by atoms with Crippen molar-refractivity contribution in [2.24, 2.45) is 0 Å². The Morgan fingerprint density at radius 3 is 2.50 bits per heavy atom. The lowest BCUT2D eigenvalue weighted by molar-refractivity contribution is -0.0310. The summed E-state index contributed by atoms with van der Waals surface area (Å²) in [5.41, 5.74) is 0.830. The number of likely N-dealkylation sites (N-methyl/N-ethyl adjacent to an activating group) is 1. The van der Waals surface area contributed by atoms with Crippen LogP contribution in [-0.4, -0.2) is 35.7 Å². The minimum atomic E-state index is -0.421. The van der Waals surface area contributed by atoms with E-state index < -0.39 is 6.10 Å². The van der Waals surface area contributed by atoms with Crippen molar-refractivity contribution in [2.75, 3.05) is 14.1 Å². The first-order valence-electron chi connectivity index (χ1n) is 7.25. The Morgan fingerprint density at radius 1 is 1.30 bits per heavy atom. The lowest BCUT2D eigenvalue weighted by Gasteiger charge is -2.46. The van der Waals surface area contributed by atoms with Crippen LogP contribution in [0.2, 0.25) is 0 Å². The van der Waals surface area contributed by atoms with Gasteiger partial charge < -0.3 is 10.0 Å². The van der Waals surface area contributed by atoms with Gasteiger partial charge in [0.1, 0.15) is 5.82 Å². The highest BCUT2D eigenvalue weighted by Gasteiger charge is 2.40. The molecule has 1 saturated carbocycles. The number of aliphatic hydroxyl groups is 1. The van der Waals surface area contributed by atoms with Gasteiger partial charge in [-0.25, -0.2) is 4.39 Å². The van der Waals surface area contributed by atoms with E-state index in [-0.39, 0.29) is 11.4 Å². The minimum absolute atomic E-state index is 0.140. The molecule has 20 heavy (non-hydrogen) atoms. The Morgan fingerprint density at radius 2 is 1.95 bits per heavy atom. The monoisotopic (exact) mass is 343 g/mol. The van der Waals surface area contributed by atoms with Crippen LogP contribution in [0, 0.1) is 5.82 Å². The summed E-state index contributed by atoms with van der Waals surface area (Å²) in [4.78, 5) is 2.18. The first kappa shape index (κ1) is 15.9. The third-order valence-corrected chi connectivity index (χ3v) is 5.25. The SMILES string of the molecule is CN(C)C1(C(O)Cc2ccc(F)c(Br)c2)CCCCC1. The summed E-state index contributed by atoms with van der Waals surface area (Å²) in [5.74, 6) is -0.261. The standard InChI is InChI=1S/C16H23BrFNO/c1-19(2)16(8-4-3-5-9-16)15(20)11-12-6-7-14(18)13(17)10-12/h6-7,10,15,20H,3-5,8-9,11H2,1-2H3. The molecule has 0 aromatic heterocycles. The highest BCUT2D eigenvalue weighted by molar-refractivity contribution is 9.10. The summed E-state index contributed by atoms with van der Waals surface area (Å²) in [7, 11) is 4.10. The van der Waals surface area contributed by atoms with Gasteiger partial charge in [-0.3, -0.25) is 0 Å². The summed E-state index contributed by atoms with van der Waals surface area (Å²) in [6.45, 7) is 0. The van der Waals surface area contributed by atoms with Crippen LogP contribution < -0.4 is 0 Å². The summed E-state index contributed by atoms with van der Waals surface area (Å²) in [6, 6.07) is 4.98. The predicted octanol–water partition coefficient (Wildman–Crippen LogP) is 3.76. The van der Waals surface area contributed by atoms with Crippen molar-refractivity contribution >= 4 is 15.9 Å². The molecule has 1 atom stereocenters. The van der Waals surface area contributed by atoms with Gasteiger partial charge in [0.05, 0.1) is 10.6 Å². The number of halogens is 2. The van der Waals surface area contributed by atoms with E-state index in [1.807, 2.05) is 0 Å². The van der Waals surface area contributed by atoms with Crippen LogP contribution >= 0.6 is 15.9 Å². The van der Waals surface area contributed by atoms with Gasteiger partial charge in [-0.2, -0.15) is 0 Å². The van der Waals surface area contributed by atoms with Gasteiger partial charge in [-0.15, -0.1) is 0 Å². The van der Waals surface area contributed by atoms with E-state index in [1.54, 1.807) is 12.1 Å². The molecule has 0 aliphatic heterocycles. The van der Waals surface area contributed by atoms with Gasteiger partial charge >= 0.3 is 0 Å². The second kappa shape index (κ2) is 6.54. The number of rotatable bonds is 4. The molecule has 0 saturated heterocycles. The van der Waals surface area contributed by atoms with E-state index in [9.17, 15) is 9.50 Å². The molecule has 1 aromatic carbocycles. The highest BCUT2D eigenvalue weighted by Crippen LogP contribution is 2.36. The Hall–Kier alpha value is -0.450. The van der Waals surface area contributed by atoms with Gasteiger partial charge in [0, 0.05) is 12.0 Å². The Bertz CT molecular complexity index is 458. The van der Waals surface area contributed by atoms with Gasteiger partial charge in [-0.05, 0) is 60.6 Å². The molecule has 1 aliphatic carbocycles. The van der Waals surface area contributed by atoms with Gasteiger partial charge in [-0.1, -0.05) is 25.3 Å². The first-order chi connectivity index (χ1) is 9.45. The number of hydrogen-bond acceptors (Lipinski definition) is 2. The zero-order valence-corrected chi connectivity index (χ0v) is 13.8. The van der Waals surface area contributed by atoms with Crippen molar-refractivity contribution in [1.29, 1.82) is 0 Å². The third-order valence-electron chi connectivity index (χ3n) is 4.64. The summed E-state index contributed by atoms with van der Waals surface area (Å²) in [5, 5.41) is 10.8. The van der Waals surface area contributed by atoms with Gasteiger partial charge in [0.25, 0.3) is 0 Å². The number of hydrogen-bond donors (Lipinski definition) is 1. The lowest BCUT2D eigenvalue weighted by atomic mass is 9.75. The van der Waals surface area contributed by atoms with Crippen molar-refractivity contribution < 1.29 is 9.50 Å². The molecule has 112 valence electrons. The Labute approximate surface area is 129 Å². The molecular formula is C16H23BrFNO. The van der Waals surface area contributed by atoms with Gasteiger partial charge in [0.2, 0.25) is 0 Å². The Kier molecular flexibility index (Phi) is 5.21. The predicted molar refractivity (Wildman–Crippen MR) is 83.3 cm³/mol. The molecule has 2 nitrogen and oxygen atoms in total. The number of nitrogens with zero attached hydrogens (tertiary/aromatic N) is 1. The van der Waals surface area contributed by atoms with Crippen LogP contribution in [-0.2, 0) is 6.42 Å². The van der Waals surface area contributed by atoms with Crippen molar-refractivity contribution in [3.05, 3.63) is 34.1 Å². The molecule has 1 fully saturated rings. The zero-order valence-electron chi connectivity index (χ0n) is 12.2. The molecule has 0 amide bonds.